The van der Waals surface area contributed by atoms with E-state index in [0.717, 1.165) is 38.5 Å². The molecule has 7 heteroatoms. The maximum absolute atomic E-state index is 13.1. The highest BCUT2D eigenvalue weighted by molar-refractivity contribution is 5.82. The predicted octanol–water partition coefficient (Wildman–Crippen LogP) is 7.95. The van der Waals surface area contributed by atoms with Crippen molar-refractivity contribution in [1.29, 1.82) is 0 Å². The molecule has 0 heterocycles. The molecule has 0 unspecified atom stereocenters. The van der Waals surface area contributed by atoms with Crippen LogP contribution in [0.2, 0.25) is 0 Å². The minimum absolute atomic E-state index is 0.0118. The topological polar surface area (TPSA) is 89.9 Å². The van der Waals surface area contributed by atoms with Crippen LogP contribution >= 0.6 is 0 Å². The van der Waals surface area contributed by atoms with Crippen molar-refractivity contribution in [3.63, 3.8) is 0 Å². The van der Waals surface area contributed by atoms with Gasteiger partial charge in [0, 0.05) is 18.8 Å². The van der Waals surface area contributed by atoms with E-state index in [1.807, 2.05) is 14.1 Å². The molecular weight excluding hydrogens is 530 g/mol. The molecule has 42 heavy (non-hydrogen) atoms. The Morgan fingerprint density at radius 1 is 0.595 bits per heavy atom. The van der Waals surface area contributed by atoms with E-state index in [-0.39, 0.29) is 50.0 Å². The van der Waals surface area contributed by atoms with Gasteiger partial charge in [-0.1, -0.05) is 117 Å². The standard InChI is InChI=1S/C35H68NO6/c1-5-7-9-11-13-15-17-19-21-23-34(39)41-29-25-32(33(38)31-36(3,4)27-28-37)26-30-42-35(40)24-22-20-18-16-14-12-10-8-6-2/h32,37H,5-31H2,1-4H3/q+1. The molecule has 0 aromatic heterocycles. The normalized spacial score (nSPS) is 11.7. The molecule has 1 N–H and O–H groups in total. The van der Waals surface area contributed by atoms with E-state index in [1.54, 1.807) is 0 Å². The average molecular weight is 599 g/mol. The summed E-state index contributed by atoms with van der Waals surface area (Å²) in [6, 6.07) is 0. The first-order chi connectivity index (χ1) is 20.3. The summed E-state index contributed by atoms with van der Waals surface area (Å²) in [7, 11) is 3.84. The van der Waals surface area contributed by atoms with Crippen molar-refractivity contribution in [1.82, 2.24) is 0 Å². The SMILES string of the molecule is CCCCCCCCCCCC(=O)OCCC(CCOC(=O)CCCCCCCCCCC)C(=O)C[N+](C)(C)CCO. The lowest BCUT2D eigenvalue weighted by Gasteiger charge is -2.29. The summed E-state index contributed by atoms with van der Waals surface area (Å²) < 4.78 is 11.3. The molecule has 0 radical (unpaired) electrons. The van der Waals surface area contributed by atoms with Crippen molar-refractivity contribution >= 4 is 17.7 Å². The summed E-state index contributed by atoms with van der Waals surface area (Å²) >= 11 is 0. The van der Waals surface area contributed by atoms with Crippen LogP contribution in [0.1, 0.15) is 155 Å². The van der Waals surface area contributed by atoms with E-state index in [9.17, 15) is 19.5 Å². The van der Waals surface area contributed by atoms with E-state index in [4.69, 9.17) is 9.47 Å². The second kappa shape index (κ2) is 28.3. The number of hydrogen-bond acceptors (Lipinski definition) is 6. The monoisotopic (exact) mass is 599 g/mol. The average Bonchev–Trinajstić information content (AvgIpc) is 2.94. The zero-order chi connectivity index (χ0) is 31.3. The number of ketones is 1. The van der Waals surface area contributed by atoms with E-state index >= 15 is 0 Å². The molecule has 7 nitrogen and oxygen atoms in total. The number of rotatable bonds is 31. The third kappa shape index (κ3) is 26.2. The van der Waals surface area contributed by atoms with Crippen molar-refractivity contribution in [2.45, 2.75) is 155 Å². The molecule has 0 atom stereocenters. The van der Waals surface area contributed by atoms with Crippen LogP contribution in [0.3, 0.4) is 0 Å². The molecule has 0 aromatic rings. The maximum Gasteiger partial charge on any atom is 0.305 e. The Bertz CT molecular complexity index is 626. The number of aliphatic hydroxyl groups excluding tert-OH is 1. The molecule has 0 amide bonds. The number of hydrogen-bond donors (Lipinski definition) is 1. The summed E-state index contributed by atoms with van der Waals surface area (Å²) in [6.45, 7) is 5.64. The van der Waals surface area contributed by atoms with E-state index in [0.29, 0.717) is 36.7 Å². The number of nitrogens with zero attached hydrogens (tertiary/aromatic N) is 1. The number of carbonyl (C=O) groups is 3. The molecule has 0 spiro atoms. The number of aliphatic hydroxyl groups is 1. The molecule has 0 fully saturated rings. The number of ether oxygens (including phenoxy) is 2. The summed E-state index contributed by atoms with van der Waals surface area (Å²) in [5.74, 6) is -0.693. The quantitative estimate of drug-likeness (QED) is 0.0495. The molecule has 0 aromatic carbocycles. The number of carbonyl (C=O) groups excluding carboxylic acids is 3. The molecule has 0 saturated carbocycles. The van der Waals surface area contributed by atoms with Gasteiger partial charge in [0.1, 0.15) is 13.1 Å². The minimum Gasteiger partial charge on any atom is -0.466 e. The third-order valence-corrected chi connectivity index (χ3v) is 8.17. The zero-order valence-electron chi connectivity index (χ0n) is 28.1. The van der Waals surface area contributed by atoms with Crippen LogP contribution in [0, 0.1) is 5.92 Å². The van der Waals surface area contributed by atoms with Crippen LogP contribution in [-0.4, -0.2) is 74.3 Å². The van der Waals surface area contributed by atoms with Gasteiger partial charge in [0.05, 0.1) is 33.9 Å². The highest BCUT2D eigenvalue weighted by Crippen LogP contribution is 2.16. The Labute approximate surface area is 259 Å². The number of unbranched alkanes of at least 4 members (excludes halogenated alkanes) is 16. The first kappa shape index (κ1) is 40.5. The summed E-state index contributed by atoms with van der Waals surface area (Å²) in [5.41, 5.74) is 0. The van der Waals surface area contributed by atoms with Crippen LogP contribution in [0.25, 0.3) is 0 Å². The minimum atomic E-state index is -0.345. The second-order valence-electron chi connectivity index (χ2n) is 12.9. The van der Waals surface area contributed by atoms with E-state index in [2.05, 4.69) is 13.8 Å². The maximum atomic E-state index is 13.1. The molecular formula is C35H68NO6+. The van der Waals surface area contributed by atoms with Gasteiger partial charge < -0.3 is 19.1 Å². The van der Waals surface area contributed by atoms with Gasteiger partial charge in [-0.15, -0.1) is 0 Å². The molecule has 0 aliphatic heterocycles. The molecule has 0 aliphatic rings. The highest BCUT2D eigenvalue weighted by atomic mass is 16.5. The van der Waals surface area contributed by atoms with Crippen molar-refractivity contribution in [2.24, 2.45) is 5.92 Å². The lowest BCUT2D eigenvalue weighted by atomic mass is 9.96. The number of quaternary nitrogens is 1. The fourth-order valence-corrected chi connectivity index (χ4v) is 5.30. The predicted molar refractivity (Wildman–Crippen MR) is 172 cm³/mol. The van der Waals surface area contributed by atoms with Crippen LogP contribution in [0.4, 0.5) is 0 Å². The van der Waals surface area contributed by atoms with Crippen LogP contribution < -0.4 is 0 Å². The van der Waals surface area contributed by atoms with Crippen molar-refractivity contribution in [2.75, 3.05) is 47.0 Å². The van der Waals surface area contributed by atoms with Gasteiger partial charge in [0.15, 0.2) is 5.78 Å². The third-order valence-electron chi connectivity index (χ3n) is 8.17. The molecule has 248 valence electrons. The Balaban J connectivity index is 4.33. The summed E-state index contributed by atoms with van der Waals surface area (Å²) in [4.78, 5) is 37.6. The van der Waals surface area contributed by atoms with Crippen LogP contribution in [0.15, 0.2) is 0 Å². The Morgan fingerprint density at radius 3 is 1.31 bits per heavy atom. The van der Waals surface area contributed by atoms with E-state index in [1.165, 1.54) is 77.0 Å². The first-order valence-corrected chi connectivity index (χ1v) is 17.5. The fraction of sp³-hybridized carbons (Fsp3) is 0.914. The number of esters is 2. The lowest BCUT2D eigenvalue weighted by Crippen LogP contribution is -2.47. The van der Waals surface area contributed by atoms with Gasteiger partial charge in [0.25, 0.3) is 0 Å². The highest BCUT2D eigenvalue weighted by Gasteiger charge is 2.27. The fourth-order valence-electron chi connectivity index (χ4n) is 5.30. The van der Waals surface area contributed by atoms with Gasteiger partial charge in [-0.05, 0) is 25.7 Å². The van der Waals surface area contributed by atoms with Crippen LogP contribution in [-0.2, 0) is 23.9 Å². The van der Waals surface area contributed by atoms with Gasteiger partial charge in [-0.2, -0.15) is 0 Å². The van der Waals surface area contributed by atoms with Crippen molar-refractivity contribution in [3.8, 4) is 0 Å². The summed E-state index contributed by atoms with van der Waals surface area (Å²) in [6.07, 6.45) is 23.3. The largest absolute Gasteiger partial charge is 0.466 e. The van der Waals surface area contributed by atoms with Crippen molar-refractivity contribution < 1.29 is 33.4 Å². The van der Waals surface area contributed by atoms with Gasteiger partial charge >= 0.3 is 11.9 Å². The second-order valence-corrected chi connectivity index (χ2v) is 12.9. The Hall–Kier alpha value is -1.47. The Morgan fingerprint density at radius 2 is 0.952 bits per heavy atom. The molecule has 0 bridgehead atoms. The zero-order valence-corrected chi connectivity index (χ0v) is 28.1. The first-order valence-electron chi connectivity index (χ1n) is 17.5. The lowest BCUT2D eigenvalue weighted by molar-refractivity contribution is -0.882. The van der Waals surface area contributed by atoms with Crippen molar-refractivity contribution in [3.05, 3.63) is 0 Å². The molecule has 0 saturated heterocycles. The van der Waals surface area contributed by atoms with Crippen LogP contribution in [0.5, 0.6) is 0 Å². The molecule has 0 aliphatic carbocycles. The number of likely N-dealkylation sites (N-methyl/N-ethyl adjacent to an activating group) is 1. The smallest absolute Gasteiger partial charge is 0.305 e. The summed E-state index contributed by atoms with van der Waals surface area (Å²) in [5, 5.41) is 9.34. The van der Waals surface area contributed by atoms with Gasteiger partial charge in [0.2, 0.25) is 0 Å². The molecule has 0 rings (SSSR count). The number of Topliss-reactive ketones (excluding diaryl/α,β-unsaturated/α-hetero) is 1. The van der Waals surface area contributed by atoms with E-state index < -0.39 is 0 Å². The van der Waals surface area contributed by atoms with Gasteiger partial charge in [-0.3, -0.25) is 14.4 Å². The van der Waals surface area contributed by atoms with Gasteiger partial charge in [-0.25, -0.2) is 0 Å². The Kier molecular flexibility index (Phi) is 27.3.